The lowest BCUT2D eigenvalue weighted by Crippen LogP contribution is -2.61. The molecule has 0 radical (unpaired) electrons. The van der Waals surface area contributed by atoms with E-state index in [0.29, 0.717) is 44.2 Å². The number of phenols is 1. The van der Waals surface area contributed by atoms with Gasteiger partial charge in [0.15, 0.2) is 0 Å². The second-order valence-electron chi connectivity index (χ2n) is 19.5. The van der Waals surface area contributed by atoms with Crippen LogP contribution in [-0.2, 0) is 64.0 Å². The van der Waals surface area contributed by atoms with Crippen molar-refractivity contribution in [3.05, 3.63) is 29.8 Å². The van der Waals surface area contributed by atoms with E-state index in [1.54, 1.807) is 26.0 Å². The van der Waals surface area contributed by atoms with Gasteiger partial charge < -0.3 is 69.7 Å². The Kier molecular flexibility index (Phi) is 29.4. The molecule has 2 aliphatic heterocycles. The van der Waals surface area contributed by atoms with Crippen molar-refractivity contribution in [2.75, 3.05) is 31.1 Å². The van der Waals surface area contributed by atoms with Crippen LogP contribution < -0.4 is 59.7 Å². The number of phenolic OH excluding ortho intramolecular Hbond substituents is 1. The van der Waals surface area contributed by atoms with E-state index in [-0.39, 0.29) is 55.4 Å². The van der Waals surface area contributed by atoms with Crippen LogP contribution in [0.2, 0.25) is 0 Å². The van der Waals surface area contributed by atoms with Gasteiger partial charge in [0.2, 0.25) is 70.9 Å². The van der Waals surface area contributed by atoms with Crippen LogP contribution in [0.15, 0.2) is 24.3 Å². The van der Waals surface area contributed by atoms with Crippen molar-refractivity contribution in [3.8, 4) is 5.75 Å². The average molecular weight is 1130 g/mol. The molecule has 0 saturated carbocycles. The fourth-order valence-electron chi connectivity index (χ4n) is 8.57. The molecule has 2 fully saturated rings. The molecule has 2 saturated heterocycles. The number of rotatable bonds is 26. The van der Waals surface area contributed by atoms with E-state index in [0.717, 1.165) is 53.7 Å². The molecule has 8 atom stereocenters. The van der Waals surface area contributed by atoms with Crippen LogP contribution in [0.1, 0.15) is 129 Å². The number of carbonyl (C=O) groups excluding carboxylic acids is 12. The minimum atomic E-state index is -1.75. The lowest BCUT2D eigenvalue weighted by molar-refractivity contribution is -0.142. The highest BCUT2D eigenvalue weighted by Gasteiger charge is 2.41. The summed E-state index contributed by atoms with van der Waals surface area (Å²) in [5.41, 5.74) is 16.8. The normalized spacial score (nSPS) is 21.7. The molecule has 0 aromatic heterocycles. The number of carbonyl (C=O) groups is 12. The zero-order valence-corrected chi connectivity index (χ0v) is 46.5. The molecule has 0 bridgehead atoms. The van der Waals surface area contributed by atoms with Gasteiger partial charge in [-0.15, -0.1) is 0 Å². The highest BCUT2D eigenvalue weighted by molar-refractivity contribution is 8.76. The Morgan fingerprint density at radius 1 is 0.744 bits per heavy atom. The number of hydrogen-bond donors (Lipinski definition) is 12. The minimum Gasteiger partial charge on any atom is -0.508 e. The molecule has 0 aliphatic carbocycles. The van der Waals surface area contributed by atoms with Crippen molar-refractivity contribution in [2.45, 2.75) is 172 Å². The van der Waals surface area contributed by atoms with Crippen LogP contribution in [0.5, 0.6) is 5.75 Å². The first-order chi connectivity index (χ1) is 37.1. The van der Waals surface area contributed by atoms with Crippen molar-refractivity contribution in [2.24, 2.45) is 23.1 Å². The zero-order chi connectivity index (χ0) is 57.7. The monoisotopic (exact) mass is 1130 g/mol. The maximum Gasteiger partial charge on any atom is 0.246 e. The van der Waals surface area contributed by atoms with Crippen molar-refractivity contribution in [3.63, 3.8) is 0 Å². The summed E-state index contributed by atoms with van der Waals surface area (Å²) in [4.78, 5) is 162. The lowest BCUT2D eigenvalue weighted by atomic mass is 9.96. The quantitative estimate of drug-likeness (QED) is 0.0393. The van der Waals surface area contributed by atoms with E-state index in [1.165, 1.54) is 17.0 Å². The van der Waals surface area contributed by atoms with Crippen molar-refractivity contribution in [1.29, 1.82) is 0 Å². The van der Waals surface area contributed by atoms with Gasteiger partial charge in [-0.05, 0) is 68.6 Å². The number of nitrogens with one attached hydrogen (secondary N) is 8. The maximum absolute atomic E-state index is 14.6. The van der Waals surface area contributed by atoms with Crippen LogP contribution >= 0.6 is 21.6 Å². The maximum atomic E-state index is 14.6. The van der Waals surface area contributed by atoms with Gasteiger partial charge in [0.05, 0.1) is 13.0 Å². The molecule has 27 heteroatoms. The molecule has 1 aromatic rings. The largest absolute Gasteiger partial charge is 0.508 e. The number of amides is 12. The SMILES string of the molecule is CCCCCCCC(=O)NCCCC[C@H](NC(=O)[C@@H]1CCCN1C(=O)[C@@H]1CSSCCC(=O)N[C@@H](Cc2ccc(O)cc2)C(=O)N[C@@H]([C@@H](C)CC)C(=O)N[C@@H](CCC(N)=O)C(=O)N[C@@H](CC(N)=O)C(=O)N1)C(=O)NCC(N)=O. The number of aromatic hydroxyl groups is 1. The average Bonchev–Trinajstić information content (AvgIpc) is 3.90. The number of nitrogens with zero attached hydrogens (tertiary/aromatic N) is 1. The number of hydrogen-bond acceptors (Lipinski definition) is 15. The van der Waals surface area contributed by atoms with Gasteiger partial charge in [0, 0.05) is 50.3 Å². The van der Waals surface area contributed by atoms with Crippen LogP contribution in [0.3, 0.4) is 0 Å². The number of benzene rings is 1. The zero-order valence-electron chi connectivity index (χ0n) is 44.8. The summed E-state index contributed by atoms with van der Waals surface area (Å²) in [7, 11) is 2.22. The second kappa shape index (κ2) is 35.0. The van der Waals surface area contributed by atoms with Crippen LogP contribution in [0, 0.1) is 5.92 Å². The summed E-state index contributed by atoms with van der Waals surface area (Å²) in [5.74, 6) is -9.89. The van der Waals surface area contributed by atoms with E-state index in [2.05, 4.69) is 49.5 Å². The van der Waals surface area contributed by atoms with Gasteiger partial charge in [0.1, 0.15) is 48.0 Å². The number of likely N-dealkylation sites (tertiary alicyclic amines) is 1. The van der Waals surface area contributed by atoms with Gasteiger partial charge in [0.25, 0.3) is 0 Å². The molecule has 12 amide bonds. The van der Waals surface area contributed by atoms with E-state index in [9.17, 15) is 62.6 Å². The van der Waals surface area contributed by atoms with Gasteiger partial charge in [-0.2, -0.15) is 0 Å². The molecular weight excluding hydrogens is 1050 g/mol. The van der Waals surface area contributed by atoms with Crippen LogP contribution in [0.4, 0.5) is 0 Å². The Labute approximate surface area is 462 Å². The third-order valence-corrected chi connectivity index (χ3v) is 15.6. The standard InChI is InChI=1S/C51H80N12O13S2/c1-4-6-7-8-9-15-42(68)55-23-11-10-13-33(45(70)56-28-41(54)67)58-49(74)38-14-12-24-63(38)51(76)37-29-78-77-25-22-43(69)57-35(26-31-16-18-32(64)19-17-31)48(73)62-44(30(3)5-2)50(75)59-34(20-21-39(52)65)46(71)60-36(27-40(53)66)47(72)61-37/h16-19,30,33-38,44,64H,4-15,20-29H2,1-3H3,(H2,52,65)(H2,53,66)(H2,54,67)(H,55,68)(H,56,70)(H,57,69)(H,58,74)(H,59,75)(H,60,71)(H,61,72)(H,62,73)/t30-,33-,34-,35-,36-,37-,38-,44-/m0/s1. The van der Waals surface area contributed by atoms with Crippen LogP contribution in [-0.4, -0.2) is 154 Å². The third kappa shape index (κ3) is 23.9. The molecule has 25 nitrogen and oxygen atoms in total. The van der Waals surface area contributed by atoms with Crippen LogP contribution in [0.25, 0.3) is 0 Å². The van der Waals surface area contributed by atoms with E-state index in [4.69, 9.17) is 17.2 Å². The van der Waals surface area contributed by atoms with Crippen molar-refractivity contribution < 1.29 is 62.6 Å². The Morgan fingerprint density at radius 2 is 1.42 bits per heavy atom. The highest BCUT2D eigenvalue weighted by Crippen LogP contribution is 2.26. The van der Waals surface area contributed by atoms with E-state index < -0.39 is 139 Å². The highest BCUT2D eigenvalue weighted by atomic mass is 33.1. The summed E-state index contributed by atoms with van der Waals surface area (Å²) >= 11 is 0. The van der Waals surface area contributed by atoms with E-state index >= 15 is 0 Å². The molecule has 0 unspecified atom stereocenters. The van der Waals surface area contributed by atoms with Gasteiger partial charge in [-0.3, -0.25) is 57.5 Å². The topological polar surface area (TPSA) is 403 Å². The molecule has 15 N–H and O–H groups in total. The molecule has 434 valence electrons. The summed E-state index contributed by atoms with van der Waals surface area (Å²) in [6, 6.07) is -3.71. The fourth-order valence-corrected chi connectivity index (χ4v) is 10.7. The van der Waals surface area contributed by atoms with E-state index in [1.807, 2.05) is 0 Å². The van der Waals surface area contributed by atoms with Crippen molar-refractivity contribution >= 4 is 92.5 Å². The Bertz CT molecular complexity index is 2240. The Hall–Kier alpha value is -6.64. The first-order valence-electron chi connectivity index (χ1n) is 26.7. The lowest BCUT2D eigenvalue weighted by Gasteiger charge is -2.31. The number of nitrogens with two attached hydrogens (primary N) is 3. The smallest absolute Gasteiger partial charge is 0.246 e. The first kappa shape index (κ1) is 65.6. The summed E-state index contributed by atoms with van der Waals surface area (Å²) in [5, 5.41) is 30.8. The molecule has 0 spiro atoms. The predicted molar refractivity (Wildman–Crippen MR) is 292 cm³/mol. The fraction of sp³-hybridized carbons (Fsp3) is 0.647. The molecule has 2 heterocycles. The number of unbranched alkanes of at least 4 members (excludes halogenated alkanes) is 5. The first-order valence-corrected chi connectivity index (χ1v) is 29.2. The number of primary amides is 3. The third-order valence-electron chi connectivity index (χ3n) is 13.2. The molecular formula is C51H80N12O13S2. The summed E-state index contributed by atoms with van der Waals surface area (Å²) < 4.78 is 0. The van der Waals surface area contributed by atoms with Gasteiger partial charge in [-0.1, -0.05) is 86.6 Å². The predicted octanol–water partition coefficient (Wildman–Crippen LogP) is -0.945. The molecule has 78 heavy (non-hydrogen) atoms. The molecule has 1 aromatic carbocycles. The summed E-state index contributed by atoms with van der Waals surface area (Å²) in [6.07, 6.45) is 5.34. The molecule has 2 aliphatic rings. The second-order valence-corrected chi connectivity index (χ2v) is 22.2. The van der Waals surface area contributed by atoms with Crippen molar-refractivity contribution in [1.82, 2.24) is 47.4 Å². The summed E-state index contributed by atoms with van der Waals surface area (Å²) in [6.45, 7) is 5.39. The Balaban J connectivity index is 1.93. The van der Waals surface area contributed by atoms with Gasteiger partial charge in [-0.25, -0.2) is 0 Å². The minimum absolute atomic E-state index is 0.0318. The Morgan fingerprint density at radius 3 is 2.09 bits per heavy atom. The molecule has 3 rings (SSSR count). The van der Waals surface area contributed by atoms with Gasteiger partial charge >= 0.3 is 0 Å².